The van der Waals surface area contributed by atoms with Crippen LogP contribution in [0.25, 0.3) is 115 Å². The van der Waals surface area contributed by atoms with E-state index in [4.69, 9.17) is 4.98 Å². The lowest BCUT2D eigenvalue weighted by Crippen LogP contribution is -1.98. The van der Waals surface area contributed by atoms with Gasteiger partial charge in [0.05, 0.1) is 11.0 Å². The Morgan fingerprint density at radius 2 is 0.789 bits per heavy atom. The van der Waals surface area contributed by atoms with Crippen molar-refractivity contribution in [2.45, 2.75) is 0 Å². The molecule has 0 bridgehead atoms. The van der Waals surface area contributed by atoms with Crippen LogP contribution in [0.3, 0.4) is 0 Å². The predicted molar refractivity (Wildman–Crippen MR) is 242 cm³/mol. The van der Waals surface area contributed by atoms with E-state index in [1.807, 2.05) is 0 Å². The van der Waals surface area contributed by atoms with Gasteiger partial charge >= 0.3 is 0 Å². The summed E-state index contributed by atoms with van der Waals surface area (Å²) < 4.78 is 2.29. The maximum absolute atomic E-state index is 5.22. The number of nitrogens with zero attached hydrogens (tertiary/aromatic N) is 2. The van der Waals surface area contributed by atoms with E-state index in [0.717, 1.165) is 28.1 Å². The topological polar surface area (TPSA) is 17.8 Å². The molecule has 0 aliphatic carbocycles. The average Bonchev–Trinajstić information content (AvgIpc) is 3.67. The van der Waals surface area contributed by atoms with E-state index in [1.54, 1.807) is 0 Å². The molecule has 11 aromatic carbocycles. The summed E-state index contributed by atoms with van der Waals surface area (Å²) in [4.78, 5) is 5.22. The average molecular weight is 723 g/mol. The van der Waals surface area contributed by atoms with Crippen LogP contribution in [0.2, 0.25) is 0 Å². The smallest absolute Gasteiger partial charge is 0.146 e. The number of hydrogen-bond acceptors (Lipinski definition) is 1. The van der Waals surface area contributed by atoms with Crippen molar-refractivity contribution in [2.24, 2.45) is 0 Å². The van der Waals surface area contributed by atoms with Gasteiger partial charge in [-0.05, 0) is 117 Å². The molecule has 0 saturated carbocycles. The number of aromatic nitrogens is 2. The number of fused-ring (bicyclic) bond motifs is 7. The van der Waals surface area contributed by atoms with Crippen molar-refractivity contribution < 1.29 is 0 Å². The molecule has 0 N–H and O–H groups in total. The molecule has 2 nitrogen and oxygen atoms in total. The summed E-state index contributed by atoms with van der Waals surface area (Å²) in [5, 5.41) is 15.2. The summed E-state index contributed by atoms with van der Waals surface area (Å²) in [7, 11) is 0. The molecule has 2 heteroatoms. The first-order valence-electron chi connectivity index (χ1n) is 19.6. The third-order valence-electron chi connectivity index (χ3n) is 12.0. The largest absolute Gasteiger partial charge is 0.292 e. The van der Waals surface area contributed by atoms with Crippen LogP contribution in [0.15, 0.2) is 206 Å². The Kier molecular flexibility index (Phi) is 6.96. The first-order valence-corrected chi connectivity index (χ1v) is 19.6. The van der Waals surface area contributed by atoms with Crippen molar-refractivity contribution in [3.8, 4) is 39.3 Å². The van der Waals surface area contributed by atoms with Crippen molar-refractivity contribution in [3.63, 3.8) is 0 Å². The molecule has 1 aromatic heterocycles. The highest BCUT2D eigenvalue weighted by molar-refractivity contribution is 6.34. The van der Waals surface area contributed by atoms with Gasteiger partial charge in [-0.2, -0.15) is 0 Å². The molecule has 264 valence electrons. The van der Waals surface area contributed by atoms with Crippen molar-refractivity contribution in [3.05, 3.63) is 206 Å². The Labute approximate surface area is 329 Å². The van der Waals surface area contributed by atoms with Gasteiger partial charge in [-0.15, -0.1) is 0 Å². The van der Waals surface area contributed by atoms with E-state index in [2.05, 4.69) is 211 Å². The summed E-state index contributed by atoms with van der Waals surface area (Å²) in [6.45, 7) is 0. The molecule has 0 aliphatic heterocycles. The Hall–Kier alpha value is -7.55. The third-order valence-corrected chi connectivity index (χ3v) is 12.0. The van der Waals surface area contributed by atoms with Gasteiger partial charge < -0.3 is 0 Å². The number of imidazole rings is 1. The summed E-state index contributed by atoms with van der Waals surface area (Å²) >= 11 is 0. The van der Waals surface area contributed by atoms with Gasteiger partial charge in [0, 0.05) is 11.3 Å². The lowest BCUT2D eigenvalue weighted by Gasteiger charge is -2.16. The summed E-state index contributed by atoms with van der Waals surface area (Å²) in [6, 6.07) is 75.3. The molecule has 0 spiro atoms. The Balaban J connectivity index is 1.05. The maximum atomic E-state index is 5.22. The van der Waals surface area contributed by atoms with Crippen molar-refractivity contribution in [1.82, 2.24) is 9.55 Å². The molecule has 0 saturated heterocycles. The fourth-order valence-corrected chi connectivity index (χ4v) is 9.47. The van der Waals surface area contributed by atoms with E-state index in [9.17, 15) is 0 Å². The molecule has 0 aliphatic rings. The lowest BCUT2D eigenvalue weighted by atomic mass is 9.87. The second-order valence-electron chi connectivity index (χ2n) is 15.0. The fourth-order valence-electron chi connectivity index (χ4n) is 9.47. The van der Waals surface area contributed by atoms with E-state index in [-0.39, 0.29) is 0 Å². The van der Waals surface area contributed by atoms with Gasteiger partial charge in [-0.25, -0.2) is 4.98 Å². The molecular weight excluding hydrogens is 689 g/mol. The highest BCUT2D eigenvalue weighted by Crippen LogP contribution is 2.44. The molecular formula is C55H34N2. The Morgan fingerprint density at radius 1 is 0.298 bits per heavy atom. The van der Waals surface area contributed by atoms with Gasteiger partial charge in [0.25, 0.3) is 0 Å². The van der Waals surface area contributed by atoms with E-state index in [1.165, 1.54) is 86.9 Å². The second kappa shape index (κ2) is 12.5. The minimum atomic E-state index is 0.941. The highest BCUT2D eigenvalue weighted by atomic mass is 15.1. The molecule has 12 rings (SSSR count). The normalized spacial score (nSPS) is 11.9. The monoisotopic (exact) mass is 722 g/mol. The van der Waals surface area contributed by atoms with Crippen LogP contribution in [-0.4, -0.2) is 9.55 Å². The standard InChI is InChI=1S/C55H34N2/c1-2-15-39(16-3-1)57-51-26-9-8-25-50(51)56-55(57)49-34-33-40(42-17-4-5-18-43(42)49)35-27-29-36(30-28-35)41-21-12-24-48-47-23-11-14-38-32-31-37-13-10-22-45(52(37)53(38)47)44-19-6-7-20-46(44)54(41)48/h1-34H. The third kappa shape index (κ3) is 4.81. The molecule has 57 heavy (non-hydrogen) atoms. The van der Waals surface area contributed by atoms with Crippen LogP contribution in [0, 0.1) is 0 Å². The SMILES string of the molecule is c1ccc(-n2c(-c3ccc(-c4ccc(-c5cccc6c7cccc8ccc9cccc(c%10ccccc%10c56)c9c87)cc4)c4ccccc34)nc3ccccc32)cc1. The van der Waals surface area contributed by atoms with Crippen LogP contribution < -0.4 is 0 Å². The summed E-state index contributed by atoms with van der Waals surface area (Å²) in [5.41, 5.74) is 9.10. The first kappa shape index (κ1) is 31.8. The number of benzene rings is 10. The predicted octanol–water partition coefficient (Wildman–Crippen LogP) is 14.9. The van der Waals surface area contributed by atoms with Crippen LogP contribution in [0.5, 0.6) is 0 Å². The van der Waals surface area contributed by atoms with E-state index >= 15 is 0 Å². The van der Waals surface area contributed by atoms with Crippen LogP contribution >= 0.6 is 0 Å². The van der Waals surface area contributed by atoms with Crippen LogP contribution in [0.1, 0.15) is 0 Å². The molecule has 0 atom stereocenters. The number of para-hydroxylation sites is 3. The first-order chi connectivity index (χ1) is 28.3. The van der Waals surface area contributed by atoms with E-state index in [0.29, 0.717) is 0 Å². The van der Waals surface area contributed by atoms with Crippen LogP contribution in [-0.2, 0) is 0 Å². The quantitative estimate of drug-likeness (QED) is 0.165. The molecule has 12 aromatic rings. The highest BCUT2D eigenvalue weighted by Gasteiger charge is 2.19. The Bertz CT molecular complexity index is 3560. The van der Waals surface area contributed by atoms with Gasteiger partial charge in [0.1, 0.15) is 5.82 Å². The Morgan fingerprint density at radius 3 is 1.51 bits per heavy atom. The molecule has 0 amide bonds. The van der Waals surface area contributed by atoms with Gasteiger partial charge in [-0.3, -0.25) is 4.57 Å². The van der Waals surface area contributed by atoms with E-state index < -0.39 is 0 Å². The van der Waals surface area contributed by atoms with Crippen LogP contribution in [0.4, 0.5) is 0 Å². The van der Waals surface area contributed by atoms with Crippen molar-refractivity contribution in [2.75, 3.05) is 0 Å². The molecule has 0 unspecified atom stereocenters. The zero-order chi connectivity index (χ0) is 37.5. The number of hydrogen-bond donors (Lipinski definition) is 0. The zero-order valence-electron chi connectivity index (χ0n) is 31.0. The summed E-state index contributed by atoms with van der Waals surface area (Å²) in [5.74, 6) is 0.941. The zero-order valence-corrected chi connectivity index (χ0v) is 31.0. The fraction of sp³-hybridized carbons (Fsp3) is 0. The minimum absolute atomic E-state index is 0.941. The molecule has 0 fully saturated rings. The van der Waals surface area contributed by atoms with Gasteiger partial charge in [-0.1, -0.05) is 176 Å². The summed E-state index contributed by atoms with van der Waals surface area (Å²) in [6.07, 6.45) is 0. The maximum Gasteiger partial charge on any atom is 0.146 e. The van der Waals surface area contributed by atoms with Gasteiger partial charge in [0.2, 0.25) is 0 Å². The van der Waals surface area contributed by atoms with Crippen molar-refractivity contribution >= 4 is 75.7 Å². The number of rotatable bonds is 4. The van der Waals surface area contributed by atoms with Gasteiger partial charge in [0.15, 0.2) is 0 Å². The molecule has 1 heterocycles. The second-order valence-corrected chi connectivity index (χ2v) is 15.0. The van der Waals surface area contributed by atoms with Crippen molar-refractivity contribution in [1.29, 1.82) is 0 Å². The minimum Gasteiger partial charge on any atom is -0.292 e. The molecule has 0 radical (unpaired) electrons. The lowest BCUT2D eigenvalue weighted by molar-refractivity contribution is 1.11.